The Labute approximate surface area is 187 Å². The van der Waals surface area contributed by atoms with Gasteiger partial charge in [0.2, 0.25) is 5.95 Å². The highest BCUT2D eigenvalue weighted by Gasteiger charge is 2.23. The van der Waals surface area contributed by atoms with Crippen LogP contribution < -0.4 is 25.2 Å². The summed E-state index contributed by atoms with van der Waals surface area (Å²) in [4.78, 5) is 20.2. The van der Waals surface area contributed by atoms with E-state index in [2.05, 4.69) is 19.8 Å². The maximum atomic E-state index is 6.28. The van der Waals surface area contributed by atoms with Gasteiger partial charge in [-0.15, -0.1) is 0 Å². The summed E-state index contributed by atoms with van der Waals surface area (Å²) in [5, 5.41) is 0.619. The maximum Gasteiger partial charge on any atom is 0.229 e. The molecule has 8 nitrogen and oxygen atoms in total. The highest BCUT2D eigenvalue weighted by Crippen LogP contribution is 2.36. The standard InChI is InChI=1S/C22H26ClN7O/c1-15-20(24)26-22(30-12-10-29(11-13-30)19-6-4-5-9-25-19)27-21(15)28(2)17-14-16(23)7-8-18(17)31-3/h4-9,14H,10-13H2,1-3H3,(H2,24,26,27). The molecule has 1 fully saturated rings. The van der Waals surface area contributed by atoms with Gasteiger partial charge in [0, 0.05) is 50.0 Å². The van der Waals surface area contributed by atoms with Crippen LogP contribution in [0.3, 0.4) is 0 Å². The van der Waals surface area contributed by atoms with E-state index in [0.29, 0.717) is 22.5 Å². The third-order valence-corrected chi connectivity index (χ3v) is 5.74. The Kier molecular flexibility index (Phi) is 5.99. The zero-order valence-electron chi connectivity index (χ0n) is 17.9. The van der Waals surface area contributed by atoms with Crippen molar-refractivity contribution in [2.45, 2.75) is 6.92 Å². The molecule has 2 N–H and O–H groups in total. The van der Waals surface area contributed by atoms with Crippen molar-refractivity contribution in [3.05, 3.63) is 53.2 Å². The minimum atomic E-state index is 0.458. The Balaban J connectivity index is 1.60. The van der Waals surface area contributed by atoms with Crippen LogP contribution in [0.5, 0.6) is 5.75 Å². The number of nitrogens with two attached hydrogens (primary N) is 1. The van der Waals surface area contributed by atoms with E-state index in [1.165, 1.54) is 0 Å². The van der Waals surface area contributed by atoms with Gasteiger partial charge in [-0.2, -0.15) is 9.97 Å². The average Bonchev–Trinajstić information content (AvgIpc) is 2.81. The molecule has 0 spiro atoms. The van der Waals surface area contributed by atoms with Gasteiger partial charge in [-0.05, 0) is 37.3 Å². The largest absolute Gasteiger partial charge is 0.495 e. The highest BCUT2D eigenvalue weighted by molar-refractivity contribution is 6.31. The van der Waals surface area contributed by atoms with Crippen LogP contribution in [0.2, 0.25) is 5.02 Å². The summed E-state index contributed by atoms with van der Waals surface area (Å²) in [5.74, 6) is 3.48. The molecule has 2 aromatic heterocycles. The third kappa shape index (κ3) is 4.29. The molecule has 1 aliphatic heterocycles. The number of pyridine rings is 1. The van der Waals surface area contributed by atoms with Gasteiger partial charge in [0.1, 0.15) is 23.2 Å². The van der Waals surface area contributed by atoms with E-state index in [1.54, 1.807) is 13.2 Å². The SMILES string of the molecule is COc1ccc(Cl)cc1N(C)c1nc(N2CCN(c3ccccn3)CC2)nc(N)c1C. The molecule has 31 heavy (non-hydrogen) atoms. The number of benzene rings is 1. The summed E-state index contributed by atoms with van der Waals surface area (Å²) in [6.07, 6.45) is 1.82. The minimum Gasteiger partial charge on any atom is -0.495 e. The summed E-state index contributed by atoms with van der Waals surface area (Å²) in [6, 6.07) is 11.4. The lowest BCUT2D eigenvalue weighted by molar-refractivity contribution is 0.415. The van der Waals surface area contributed by atoms with E-state index in [9.17, 15) is 0 Å². The summed E-state index contributed by atoms with van der Waals surface area (Å²) in [5.41, 5.74) is 7.89. The number of hydrogen-bond acceptors (Lipinski definition) is 8. The van der Waals surface area contributed by atoms with Crippen LogP contribution in [0, 0.1) is 6.92 Å². The number of nitrogen functional groups attached to an aromatic ring is 1. The first kappa shape index (κ1) is 21.0. The van der Waals surface area contributed by atoms with E-state index >= 15 is 0 Å². The van der Waals surface area contributed by atoms with E-state index in [0.717, 1.165) is 49.1 Å². The molecule has 3 aromatic rings. The molecule has 0 aliphatic carbocycles. The van der Waals surface area contributed by atoms with Gasteiger partial charge in [0.25, 0.3) is 0 Å². The van der Waals surface area contributed by atoms with Crippen LogP contribution >= 0.6 is 11.6 Å². The molecule has 0 bridgehead atoms. The number of halogens is 1. The van der Waals surface area contributed by atoms with Gasteiger partial charge in [0.05, 0.1) is 12.8 Å². The number of piperazine rings is 1. The summed E-state index contributed by atoms with van der Waals surface area (Å²) < 4.78 is 5.52. The van der Waals surface area contributed by atoms with Crippen LogP contribution in [0.1, 0.15) is 5.56 Å². The molecule has 4 rings (SSSR count). The molecule has 162 valence electrons. The predicted octanol–water partition coefficient (Wildman–Crippen LogP) is 3.52. The van der Waals surface area contributed by atoms with Gasteiger partial charge in [-0.25, -0.2) is 4.98 Å². The molecule has 1 saturated heterocycles. The summed E-state index contributed by atoms with van der Waals surface area (Å²) in [7, 11) is 3.56. The first-order valence-corrected chi connectivity index (χ1v) is 10.5. The third-order valence-electron chi connectivity index (χ3n) is 5.50. The number of aromatic nitrogens is 3. The molecule has 3 heterocycles. The number of anilines is 5. The Bertz CT molecular complexity index is 1060. The highest BCUT2D eigenvalue weighted by atomic mass is 35.5. The van der Waals surface area contributed by atoms with Crippen LogP contribution in [0.4, 0.5) is 29.1 Å². The lowest BCUT2D eigenvalue weighted by atomic mass is 10.2. The fraction of sp³-hybridized carbons (Fsp3) is 0.318. The molecule has 1 aromatic carbocycles. The van der Waals surface area contributed by atoms with Gasteiger partial charge >= 0.3 is 0 Å². The molecule has 0 radical (unpaired) electrons. The van der Waals surface area contributed by atoms with Gasteiger partial charge < -0.3 is 25.2 Å². The van der Waals surface area contributed by atoms with Crippen LogP contribution in [0.25, 0.3) is 0 Å². The van der Waals surface area contributed by atoms with Gasteiger partial charge in [-0.3, -0.25) is 0 Å². The number of nitrogens with zero attached hydrogens (tertiary/aromatic N) is 6. The van der Waals surface area contributed by atoms with Crippen LogP contribution in [-0.4, -0.2) is 55.3 Å². The summed E-state index contributed by atoms with van der Waals surface area (Å²) >= 11 is 6.24. The lowest BCUT2D eigenvalue weighted by Crippen LogP contribution is -2.47. The Morgan fingerprint density at radius 1 is 1.06 bits per heavy atom. The minimum absolute atomic E-state index is 0.458. The first-order chi connectivity index (χ1) is 15.0. The second-order valence-corrected chi connectivity index (χ2v) is 7.83. The van der Waals surface area contributed by atoms with Crippen molar-refractivity contribution in [3.63, 3.8) is 0 Å². The second kappa shape index (κ2) is 8.85. The van der Waals surface area contributed by atoms with Crippen molar-refractivity contribution in [2.24, 2.45) is 0 Å². The van der Waals surface area contributed by atoms with Crippen molar-refractivity contribution in [2.75, 3.05) is 60.8 Å². The molecule has 9 heteroatoms. The quantitative estimate of drug-likeness (QED) is 0.646. The Hall–Kier alpha value is -3.26. The fourth-order valence-corrected chi connectivity index (χ4v) is 3.86. The first-order valence-electron chi connectivity index (χ1n) is 10.1. The van der Waals surface area contributed by atoms with Gasteiger partial charge in [0.15, 0.2) is 0 Å². The van der Waals surface area contributed by atoms with Crippen molar-refractivity contribution < 1.29 is 4.74 Å². The number of ether oxygens (including phenoxy) is 1. The fourth-order valence-electron chi connectivity index (χ4n) is 3.69. The molecule has 0 atom stereocenters. The lowest BCUT2D eigenvalue weighted by Gasteiger charge is -2.36. The molecular weight excluding hydrogens is 414 g/mol. The molecular formula is C22H26ClN7O. The topological polar surface area (TPSA) is 83.6 Å². The summed E-state index contributed by atoms with van der Waals surface area (Å²) in [6.45, 7) is 5.15. The van der Waals surface area contributed by atoms with Crippen molar-refractivity contribution in [3.8, 4) is 5.75 Å². The second-order valence-electron chi connectivity index (χ2n) is 7.39. The molecule has 1 aliphatic rings. The maximum absolute atomic E-state index is 6.28. The van der Waals surface area contributed by atoms with E-state index in [-0.39, 0.29) is 0 Å². The van der Waals surface area contributed by atoms with E-state index in [4.69, 9.17) is 27.1 Å². The van der Waals surface area contributed by atoms with E-state index in [1.807, 2.05) is 55.4 Å². The Morgan fingerprint density at radius 2 is 1.81 bits per heavy atom. The zero-order chi connectivity index (χ0) is 22.0. The van der Waals surface area contributed by atoms with Crippen molar-refractivity contribution in [1.82, 2.24) is 15.0 Å². The normalized spacial score (nSPS) is 13.9. The van der Waals surface area contributed by atoms with Gasteiger partial charge in [-0.1, -0.05) is 17.7 Å². The monoisotopic (exact) mass is 439 g/mol. The number of rotatable bonds is 5. The molecule has 0 unspecified atom stereocenters. The van der Waals surface area contributed by atoms with Crippen molar-refractivity contribution in [1.29, 1.82) is 0 Å². The van der Waals surface area contributed by atoms with E-state index < -0.39 is 0 Å². The van der Waals surface area contributed by atoms with Crippen LogP contribution in [0.15, 0.2) is 42.6 Å². The molecule has 0 amide bonds. The number of hydrogen-bond donors (Lipinski definition) is 1. The van der Waals surface area contributed by atoms with Crippen molar-refractivity contribution >= 4 is 40.7 Å². The average molecular weight is 440 g/mol. The van der Waals surface area contributed by atoms with Crippen LogP contribution in [-0.2, 0) is 0 Å². The predicted molar refractivity (Wildman–Crippen MR) is 126 cm³/mol. The number of methoxy groups -OCH3 is 1. The molecule has 0 saturated carbocycles. The Morgan fingerprint density at radius 3 is 2.48 bits per heavy atom. The smallest absolute Gasteiger partial charge is 0.229 e. The zero-order valence-corrected chi connectivity index (χ0v) is 18.7.